The van der Waals surface area contributed by atoms with Crippen molar-refractivity contribution in [2.75, 3.05) is 5.73 Å². The zero-order chi connectivity index (χ0) is 9.14. The van der Waals surface area contributed by atoms with Crippen molar-refractivity contribution in [3.8, 4) is 5.40 Å². The van der Waals surface area contributed by atoms with Gasteiger partial charge in [-0.15, -0.1) is 0 Å². The highest BCUT2D eigenvalue weighted by Gasteiger charge is 2.07. The molecule has 1 rings (SSSR count). The van der Waals surface area contributed by atoms with Gasteiger partial charge in [-0.25, -0.2) is 8.78 Å². The number of rotatable bonds is 1. The van der Waals surface area contributed by atoms with E-state index in [0.717, 1.165) is 12.1 Å². The highest BCUT2D eigenvalue weighted by atomic mass is 32.2. The van der Waals surface area contributed by atoms with Gasteiger partial charge in [0.15, 0.2) is 0 Å². The molecule has 1 aromatic carbocycles. The van der Waals surface area contributed by atoms with Crippen LogP contribution in [0.1, 0.15) is 0 Å². The minimum Gasteiger partial charge on any atom is -0.394 e. The Labute approximate surface area is 72.0 Å². The van der Waals surface area contributed by atoms with E-state index in [9.17, 15) is 8.78 Å². The molecule has 1 aromatic rings. The van der Waals surface area contributed by atoms with Crippen LogP contribution in [-0.4, -0.2) is 0 Å². The number of nitriles is 1. The van der Waals surface area contributed by atoms with Crippen molar-refractivity contribution in [2.45, 2.75) is 4.90 Å². The van der Waals surface area contributed by atoms with Gasteiger partial charge in [-0.1, -0.05) is 0 Å². The predicted octanol–water partition coefficient (Wildman–Crippen LogP) is 2.12. The Morgan fingerprint density at radius 2 is 1.83 bits per heavy atom. The fourth-order valence-corrected chi connectivity index (χ4v) is 1.10. The molecule has 62 valence electrons. The standard InChI is InChI=1S/C7H4F2N2S/c8-5-1-4(12-3-10)2-6(9)7(5)11/h1-2H,11H2. The van der Waals surface area contributed by atoms with E-state index in [0.29, 0.717) is 11.8 Å². The van der Waals surface area contributed by atoms with Gasteiger partial charge >= 0.3 is 0 Å². The summed E-state index contributed by atoms with van der Waals surface area (Å²) >= 11 is 0.682. The molecular weight excluding hydrogens is 182 g/mol. The molecule has 0 radical (unpaired) electrons. The second kappa shape index (κ2) is 3.41. The minimum atomic E-state index is -0.840. The Morgan fingerprint density at radius 1 is 1.33 bits per heavy atom. The summed E-state index contributed by atoms with van der Waals surface area (Å²) in [6, 6.07) is 2.04. The molecule has 0 heterocycles. The maximum absolute atomic E-state index is 12.7. The zero-order valence-electron chi connectivity index (χ0n) is 5.84. The van der Waals surface area contributed by atoms with Crippen molar-refractivity contribution in [3.63, 3.8) is 0 Å². The van der Waals surface area contributed by atoms with Crippen molar-refractivity contribution in [2.24, 2.45) is 0 Å². The molecule has 0 aromatic heterocycles. The lowest BCUT2D eigenvalue weighted by atomic mass is 10.3. The zero-order valence-corrected chi connectivity index (χ0v) is 6.66. The van der Waals surface area contributed by atoms with Crippen LogP contribution >= 0.6 is 11.8 Å². The fraction of sp³-hybridized carbons (Fsp3) is 0. The molecule has 0 unspecified atom stereocenters. The molecule has 2 N–H and O–H groups in total. The Bertz CT molecular complexity index is 323. The summed E-state index contributed by atoms with van der Waals surface area (Å²) in [6.45, 7) is 0. The van der Waals surface area contributed by atoms with E-state index in [1.165, 1.54) is 0 Å². The van der Waals surface area contributed by atoms with Crippen molar-refractivity contribution in [1.29, 1.82) is 5.26 Å². The van der Waals surface area contributed by atoms with Crippen LogP contribution in [0.4, 0.5) is 14.5 Å². The van der Waals surface area contributed by atoms with Crippen molar-refractivity contribution in [1.82, 2.24) is 0 Å². The van der Waals surface area contributed by atoms with E-state index in [-0.39, 0.29) is 4.90 Å². The van der Waals surface area contributed by atoms with Gasteiger partial charge in [0.25, 0.3) is 0 Å². The molecule has 0 aliphatic rings. The van der Waals surface area contributed by atoms with Crippen LogP contribution in [0.25, 0.3) is 0 Å². The first-order chi connectivity index (χ1) is 5.65. The van der Waals surface area contributed by atoms with Gasteiger partial charge in [-0.2, -0.15) is 5.26 Å². The SMILES string of the molecule is N#CSc1cc(F)c(N)c(F)c1. The van der Waals surface area contributed by atoms with Crippen molar-refractivity contribution in [3.05, 3.63) is 23.8 Å². The smallest absolute Gasteiger partial charge is 0.150 e. The maximum Gasteiger partial charge on any atom is 0.150 e. The number of nitrogen functional groups attached to an aromatic ring is 1. The third-order valence-corrected chi connectivity index (χ3v) is 1.78. The number of benzene rings is 1. The first-order valence-corrected chi connectivity index (χ1v) is 3.77. The summed E-state index contributed by atoms with van der Waals surface area (Å²) in [7, 11) is 0. The quantitative estimate of drug-likeness (QED) is 0.415. The van der Waals surface area contributed by atoms with Gasteiger partial charge in [0, 0.05) is 4.90 Å². The largest absolute Gasteiger partial charge is 0.394 e. The van der Waals surface area contributed by atoms with Gasteiger partial charge in [-0.05, 0) is 23.9 Å². The number of anilines is 1. The summed E-state index contributed by atoms with van der Waals surface area (Å²) in [5.74, 6) is -1.68. The van der Waals surface area contributed by atoms with E-state index in [1.54, 1.807) is 5.40 Å². The molecule has 5 heteroatoms. The summed E-state index contributed by atoms with van der Waals surface area (Å²) in [6.07, 6.45) is 0. The molecular formula is C7H4F2N2S. The van der Waals surface area contributed by atoms with Crippen LogP contribution in [0.2, 0.25) is 0 Å². The normalized spacial score (nSPS) is 9.42. The number of hydrogen-bond acceptors (Lipinski definition) is 3. The highest BCUT2D eigenvalue weighted by molar-refractivity contribution is 8.03. The van der Waals surface area contributed by atoms with E-state index < -0.39 is 17.3 Å². The topological polar surface area (TPSA) is 49.8 Å². The lowest BCUT2D eigenvalue weighted by Crippen LogP contribution is -1.95. The third-order valence-electron chi connectivity index (χ3n) is 1.22. The predicted molar refractivity (Wildman–Crippen MR) is 42.2 cm³/mol. The Kier molecular flexibility index (Phi) is 2.51. The summed E-state index contributed by atoms with van der Waals surface area (Å²) in [5, 5.41) is 9.91. The van der Waals surface area contributed by atoms with E-state index in [1.807, 2.05) is 0 Å². The van der Waals surface area contributed by atoms with Crippen LogP contribution in [0.5, 0.6) is 0 Å². The second-order valence-electron chi connectivity index (χ2n) is 1.99. The third kappa shape index (κ3) is 1.66. The number of nitrogens with two attached hydrogens (primary N) is 1. The molecule has 0 bridgehead atoms. The number of thiocyanates is 1. The molecule has 0 aliphatic carbocycles. The average Bonchev–Trinajstić information content (AvgIpc) is 2.01. The molecule has 0 spiro atoms. The minimum absolute atomic E-state index is 0.210. The lowest BCUT2D eigenvalue weighted by Gasteiger charge is -1.99. The Balaban J connectivity index is 3.14. The molecule has 0 saturated carbocycles. The van der Waals surface area contributed by atoms with E-state index in [2.05, 4.69) is 0 Å². The van der Waals surface area contributed by atoms with Crippen molar-refractivity contribution >= 4 is 17.4 Å². The summed E-state index contributed by atoms with van der Waals surface area (Å²) in [5.41, 5.74) is 4.49. The van der Waals surface area contributed by atoms with Gasteiger partial charge in [-0.3, -0.25) is 0 Å². The molecule has 0 atom stereocenters. The van der Waals surface area contributed by atoms with Gasteiger partial charge < -0.3 is 5.73 Å². The van der Waals surface area contributed by atoms with Crippen LogP contribution in [0, 0.1) is 22.3 Å². The first-order valence-electron chi connectivity index (χ1n) is 2.95. The van der Waals surface area contributed by atoms with Crippen LogP contribution in [0.3, 0.4) is 0 Å². The second-order valence-corrected chi connectivity index (χ2v) is 2.85. The van der Waals surface area contributed by atoms with E-state index >= 15 is 0 Å². The number of halogens is 2. The molecule has 0 saturated heterocycles. The Morgan fingerprint density at radius 3 is 2.25 bits per heavy atom. The summed E-state index contributed by atoms with van der Waals surface area (Å²) in [4.78, 5) is 0.210. The van der Waals surface area contributed by atoms with Gasteiger partial charge in [0.1, 0.15) is 22.7 Å². The number of nitrogens with zero attached hydrogens (tertiary/aromatic N) is 1. The molecule has 0 fully saturated rings. The maximum atomic E-state index is 12.7. The molecule has 0 amide bonds. The molecule has 12 heavy (non-hydrogen) atoms. The fourth-order valence-electron chi connectivity index (χ4n) is 0.673. The lowest BCUT2D eigenvalue weighted by molar-refractivity contribution is 0.586. The number of hydrogen-bond donors (Lipinski definition) is 1. The number of thioether (sulfide) groups is 1. The van der Waals surface area contributed by atoms with Gasteiger partial charge in [0.2, 0.25) is 0 Å². The van der Waals surface area contributed by atoms with Gasteiger partial charge in [0.05, 0.1) is 0 Å². The highest BCUT2D eigenvalue weighted by Crippen LogP contribution is 2.23. The Hall–Kier alpha value is -1.28. The van der Waals surface area contributed by atoms with E-state index in [4.69, 9.17) is 11.0 Å². The average molecular weight is 186 g/mol. The van der Waals surface area contributed by atoms with Crippen LogP contribution in [-0.2, 0) is 0 Å². The van der Waals surface area contributed by atoms with Crippen LogP contribution < -0.4 is 5.73 Å². The molecule has 2 nitrogen and oxygen atoms in total. The summed E-state index contributed by atoms with van der Waals surface area (Å²) < 4.78 is 25.4. The monoisotopic (exact) mass is 186 g/mol. The molecule has 0 aliphatic heterocycles. The first kappa shape index (κ1) is 8.81. The van der Waals surface area contributed by atoms with Crippen molar-refractivity contribution < 1.29 is 8.78 Å². The van der Waals surface area contributed by atoms with Crippen LogP contribution in [0.15, 0.2) is 17.0 Å².